The first-order chi connectivity index (χ1) is 24.3. The Morgan fingerprint density at radius 2 is 1.00 bits per heavy atom. The number of phosphoric ester groups is 1. The van der Waals surface area contributed by atoms with Gasteiger partial charge in [-0.05, 0) is 51.4 Å². The van der Waals surface area contributed by atoms with Crippen molar-refractivity contribution in [1.82, 2.24) is 0 Å². The average molecular weight is 743 g/mol. The number of rotatable bonds is 34. The van der Waals surface area contributed by atoms with Crippen LogP contribution in [-0.4, -0.2) is 36.1 Å². The number of phosphoric acid groups is 1. The monoisotopic (exact) mass is 742 g/mol. The Bertz CT molecular complexity index is 1040. The fourth-order valence-electron chi connectivity index (χ4n) is 4.92. The van der Waals surface area contributed by atoms with Crippen molar-refractivity contribution in [2.24, 2.45) is 0 Å². The first-order valence-electron chi connectivity index (χ1n) is 19.2. The standard InChI is InChI=1S/C41H69O8P.Na/c1-3-5-7-9-11-13-15-17-18-19-20-21-22-24-26-28-30-32-34-36-41(43)49-39(38-48-50(44,45)46)37-47-40(42)35-33-31-29-27-25-23-16-14-12-10-8-6-4-2;/h5,7,11,13,17-18,20-21,24,26,30,32,39H,3-4,6,8-10,12,14-16,19,22-23,25,27-29,31,33-38H2,1-2H3,(H2,44,45,46);/q;+1/p-1/b7-5-,13-11-,18-17-,21-20-,26-24-,32-30-;/t39-;/m1./s1. The van der Waals surface area contributed by atoms with E-state index in [1.54, 1.807) is 0 Å². The van der Waals surface area contributed by atoms with Crippen LogP contribution in [0.4, 0.5) is 0 Å². The van der Waals surface area contributed by atoms with Crippen molar-refractivity contribution >= 4 is 19.8 Å². The third-order valence-corrected chi connectivity index (χ3v) is 8.22. The molecule has 0 aromatic carbocycles. The molecule has 51 heavy (non-hydrogen) atoms. The second-order valence-corrected chi connectivity index (χ2v) is 13.7. The van der Waals surface area contributed by atoms with Crippen LogP contribution in [0.2, 0.25) is 0 Å². The number of unbranched alkanes of at least 4 members (excludes halogenated alkanes) is 12. The van der Waals surface area contributed by atoms with Crippen LogP contribution in [0.5, 0.6) is 0 Å². The van der Waals surface area contributed by atoms with E-state index in [-0.39, 0.29) is 49.0 Å². The Morgan fingerprint density at radius 1 is 0.588 bits per heavy atom. The summed E-state index contributed by atoms with van der Waals surface area (Å²) < 4.78 is 26.0. The molecule has 1 N–H and O–H groups in total. The minimum atomic E-state index is -5.02. The zero-order chi connectivity index (χ0) is 36.8. The number of hydrogen-bond donors (Lipinski definition) is 1. The van der Waals surface area contributed by atoms with E-state index in [4.69, 9.17) is 14.4 Å². The molecule has 0 aromatic heterocycles. The minimum Gasteiger partial charge on any atom is -0.756 e. The normalized spacial score (nSPS) is 14.0. The van der Waals surface area contributed by atoms with E-state index in [2.05, 4.69) is 79.1 Å². The zero-order valence-corrected chi connectivity index (χ0v) is 35.1. The molecule has 0 amide bonds. The van der Waals surface area contributed by atoms with Crippen molar-refractivity contribution in [2.45, 2.75) is 161 Å². The molecule has 10 heteroatoms. The Balaban J connectivity index is 0. The molecule has 0 fully saturated rings. The van der Waals surface area contributed by atoms with Gasteiger partial charge < -0.3 is 23.8 Å². The van der Waals surface area contributed by atoms with Crippen molar-refractivity contribution in [2.75, 3.05) is 13.2 Å². The summed E-state index contributed by atoms with van der Waals surface area (Å²) in [6, 6.07) is 0. The van der Waals surface area contributed by atoms with Gasteiger partial charge in [0.25, 0.3) is 7.82 Å². The van der Waals surface area contributed by atoms with Gasteiger partial charge >= 0.3 is 41.5 Å². The van der Waals surface area contributed by atoms with Crippen LogP contribution < -0.4 is 34.5 Å². The first kappa shape index (κ1) is 51.6. The molecule has 0 bridgehead atoms. The maximum absolute atomic E-state index is 12.3. The molecule has 0 aliphatic carbocycles. The number of ether oxygens (including phenoxy) is 2. The molecular weight excluding hydrogens is 674 g/mol. The number of allylic oxidation sites excluding steroid dienone is 12. The molecule has 0 heterocycles. The maximum atomic E-state index is 12.3. The molecule has 1 unspecified atom stereocenters. The summed E-state index contributed by atoms with van der Waals surface area (Å²) >= 11 is 0. The summed E-state index contributed by atoms with van der Waals surface area (Å²) in [6.45, 7) is 3.40. The predicted molar refractivity (Wildman–Crippen MR) is 204 cm³/mol. The Kier molecular flexibility index (Phi) is 40.2. The third-order valence-electron chi connectivity index (χ3n) is 7.75. The van der Waals surface area contributed by atoms with E-state index in [0.29, 0.717) is 12.8 Å². The van der Waals surface area contributed by atoms with E-state index >= 15 is 0 Å². The van der Waals surface area contributed by atoms with Gasteiger partial charge in [0.05, 0.1) is 6.61 Å². The molecule has 286 valence electrons. The van der Waals surface area contributed by atoms with Crippen LogP contribution in [0, 0.1) is 0 Å². The van der Waals surface area contributed by atoms with E-state index < -0.39 is 32.5 Å². The molecule has 8 nitrogen and oxygen atoms in total. The van der Waals surface area contributed by atoms with Crippen LogP contribution in [0.1, 0.15) is 155 Å². The Labute approximate surface area is 332 Å². The van der Waals surface area contributed by atoms with Gasteiger partial charge in [-0.3, -0.25) is 14.2 Å². The second kappa shape index (κ2) is 39.7. The summed E-state index contributed by atoms with van der Waals surface area (Å²) in [4.78, 5) is 44.5. The second-order valence-electron chi connectivity index (χ2n) is 12.5. The minimum absolute atomic E-state index is 0. The summed E-state index contributed by atoms with van der Waals surface area (Å²) in [7, 11) is -5.02. The van der Waals surface area contributed by atoms with Crippen molar-refractivity contribution in [3.05, 3.63) is 72.9 Å². The summed E-state index contributed by atoms with van der Waals surface area (Å²) in [5, 5.41) is 0. The molecule has 0 saturated carbocycles. The third kappa shape index (κ3) is 42.8. The topological polar surface area (TPSA) is 122 Å². The van der Waals surface area contributed by atoms with Gasteiger partial charge in [-0.25, -0.2) is 0 Å². The van der Waals surface area contributed by atoms with E-state index in [1.165, 1.54) is 57.8 Å². The SMILES string of the molecule is CC/C=C\C/C=C\C/C=C\C/C=C\C/C=C\C/C=C\CCC(=O)O[C@H](COC(=O)CCCCCCCCCCCCCCC)COP(=O)([O-])O.[Na+]. The molecule has 0 rings (SSSR count). The molecule has 0 aromatic rings. The van der Waals surface area contributed by atoms with Crippen LogP contribution >= 0.6 is 7.82 Å². The zero-order valence-electron chi connectivity index (χ0n) is 32.2. The Hall–Kier alpha value is -1.51. The van der Waals surface area contributed by atoms with E-state index in [9.17, 15) is 19.0 Å². The largest absolute Gasteiger partial charge is 1.00 e. The quantitative estimate of drug-likeness (QED) is 0.0232. The van der Waals surface area contributed by atoms with Crippen molar-refractivity contribution < 1.29 is 67.5 Å². The summed E-state index contributed by atoms with van der Waals surface area (Å²) in [6.07, 6.45) is 46.1. The fourth-order valence-corrected chi connectivity index (χ4v) is 5.28. The molecule has 0 aliphatic heterocycles. The molecule has 0 aliphatic rings. The summed E-state index contributed by atoms with van der Waals surface area (Å²) in [5.41, 5.74) is 0. The molecule has 0 spiro atoms. The molecule has 2 atom stereocenters. The van der Waals surface area contributed by atoms with Gasteiger partial charge in [-0.15, -0.1) is 0 Å². The first-order valence-corrected chi connectivity index (χ1v) is 20.7. The smallest absolute Gasteiger partial charge is 0.756 e. The maximum Gasteiger partial charge on any atom is 1.00 e. The average Bonchev–Trinajstić information content (AvgIpc) is 3.08. The van der Waals surface area contributed by atoms with Gasteiger partial charge in [0.2, 0.25) is 0 Å². The predicted octanol–water partition coefficient (Wildman–Crippen LogP) is 7.88. The summed E-state index contributed by atoms with van der Waals surface area (Å²) in [5.74, 6) is -1.02. The number of esters is 2. The molecule has 0 radical (unpaired) electrons. The van der Waals surface area contributed by atoms with Gasteiger partial charge in [-0.2, -0.15) is 0 Å². The van der Waals surface area contributed by atoms with Gasteiger partial charge in [0, 0.05) is 12.8 Å². The van der Waals surface area contributed by atoms with Crippen molar-refractivity contribution in [3.8, 4) is 0 Å². The fraction of sp³-hybridized carbons (Fsp3) is 0.659. The molecule has 0 saturated heterocycles. The number of carbonyl (C=O) groups excluding carboxylic acids is 2. The van der Waals surface area contributed by atoms with Crippen LogP contribution in [0.15, 0.2) is 72.9 Å². The van der Waals surface area contributed by atoms with Crippen molar-refractivity contribution in [3.63, 3.8) is 0 Å². The van der Waals surface area contributed by atoms with Crippen molar-refractivity contribution in [1.29, 1.82) is 0 Å². The Morgan fingerprint density at radius 3 is 1.43 bits per heavy atom. The van der Waals surface area contributed by atoms with Gasteiger partial charge in [-0.1, -0.05) is 164 Å². The van der Waals surface area contributed by atoms with Crippen LogP contribution in [0.25, 0.3) is 0 Å². The van der Waals surface area contributed by atoms with Gasteiger partial charge in [0.1, 0.15) is 6.61 Å². The van der Waals surface area contributed by atoms with E-state index in [1.807, 2.05) is 12.2 Å². The van der Waals surface area contributed by atoms with Crippen LogP contribution in [0.3, 0.4) is 0 Å². The van der Waals surface area contributed by atoms with Gasteiger partial charge in [0.15, 0.2) is 6.10 Å². The number of carbonyl (C=O) groups is 2. The number of hydrogen-bond acceptors (Lipinski definition) is 7. The molecular formula is C41H68NaO8P. The van der Waals surface area contributed by atoms with Crippen LogP contribution in [-0.2, 0) is 28.2 Å². The van der Waals surface area contributed by atoms with E-state index in [0.717, 1.165) is 57.8 Å².